The molecule has 0 fully saturated rings. The molecule has 0 saturated heterocycles. The molecule has 1 N–H and O–H groups in total. The zero-order valence-electron chi connectivity index (χ0n) is 15.5. The minimum Gasteiger partial charge on any atom is -0.451 e. The Morgan fingerprint density at radius 1 is 0.964 bits per heavy atom. The van der Waals surface area contributed by atoms with Gasteiger partial charge in [0, 0.05) is 34.5 Å². The summed E-state index contributed by atoms with van der Waals surface area (Å²) in [6.45, 7) is 3.30. The van der Waals surface area contributed by atoms with E-state index in [1.807, 2.05) is 0 Å². The Bertz CT molecular complexity index is 965. The summed E-state index contributed by atoms with van der Waals surface area (Å²) in [6.07, 6.45) is -1.04. The molecule has 1 aliphatic rings. The normalized spacial score (nSPS) is 13.4. The van der Waals surface area contributed by atoms with Crippen molar-refractivity contribution in [2.75, 3.05) is 18.5 Å². The highest BCUT2D eigenvalue weighted by atomic mass is 16.6. The molecule has 0 heterocycles. The number of carbonyl (C=O) groups excluding carboxylic acids is 4. The molecule has 0 unspecified atom stereocenters. The van der Waals surface area contributed by atoms with Crippen molar-refractivity contribution in [2.24, 2.45) is 0 Å². The number of benzene rings is 2. The Labute approximate surface area is 161 Å². The third kappa shape index (κ3) is 3.84. The van der Waals surface area contributed by atoms with Crippen LogP contribution >= 0.6 is 0 Å². The molecular formula is C21H19NO6. The Kier molecular flexibility index (Phi) is 5.65. The fraction of sp³-hybridized carbons (Fsp3) is 0.238. The van der Waals surface area contributed by atoms with E-state index in [9.17, 15) is 19.2 Å². The molecule has 0 aliphatic heterocycles. The molecule has 1 amide bonds. The second-order valence-corrected chi connectivity index (χ2v) is 6.22. The quantitative estimate of drug-likeness (QED) is 0.658. The largest absolute Gasteiger partial charge is 0.451 e. The Morgan fingerprint density at radius 3 is 2.21 bits per heavy atom. The molecule has 1 atom stereocenters. The van der Waals surface area contributed by atoms with Gasteiger partial charge in [-0.2, -0.15) is 0 Å². The number of rotatable bonds is 6. The summed E-state index contributed by atoms with van der Waals surface area (Å²) >= 11 is 0. The van der Waals surface area contributed by atoms with Crippen molar-refractivity contribution in [1.29, 1.82) is 0 Å². The van der Waals surface area contributed by atoms with Crippen molar-refractivity contribution >= 4 is 29.1 Å². The van der Waals surface area contributed by atoms with Crippen LogP contribution in [0.4, 0.5) is 5.69 Å². The fourth-order valence-corrected chi connectivity index (χ4v) is 2.89. The lowest BCUT2D eigenvalue weighted by Crippen LogP contribution is -2.31. The summed E-state index contributed by atoms with van der Waals surface area (Å²) in [6, 6.07) is 11.1. The first-order valence-corrected chi connectivity index (χ1v) is 8.83. The van der Waals surface area contributed by atoms with E-state index in [2.05, 4.69) is 5.32 Å². The number of amides is 1. The predicted molar refractivity (Wildman–Crippen MR) is 100 cm³/mol. The van der Waals surface area contributed by atoms with Crippen LogP contribution in [0.5, 0.6) is 0 Å². The van der Waals surface area contributed by atoms with E-state index in [4.69, 9.17) is 9.47 Å². The molecule has 28 heavy (non-hydrogen) atoms. The van der Waals surface area contributed by atoms with Crippen LogP contribution in [0, 0.1) is 0 Å². The van der Waals surface area contributed by atoms with Crippen molar-refractivity contribution in [2.45, 2.75) is 20.0 Å². The number of anilines is 1. The van der Waals surface area contributed by atoms with Crippen LogP contribution in [-0.4, -0.2) is 42.8 Å². The number of hydrogen-bond donors (Lipinski definition) is 1. The monoisotopic (exact) mass is 381 g/mol. The van der Waals surface area contributed by atoms with Gasteiger partial charge in [0.15, 0.2) is 17.7 Å². The number of carbonyl (C=O) groups is 4. The number of nitrogens with one attached hydrogen (secondary N) is 1. The third-order valence-electron chi connectivity index (χ3n) is 4.29. The molecule has 0 radical (unpaired) electrons. The third-order valence-corrected chi connectivity index (χ3v) is 4.29. The van der Waals surface area contributed by atoms with Crippen molar-refractivity contribution in [3.63, 3.8) is 0 Å². The molecule has 144 valence electrons. The van der Waals surface area contributed by atoms with E-state index in [1.54, 1.807) is 31.2 Å². The van der Waals surface area contributed by atoms with Gasteiger partial charge < -0.3 is 14.8 Å². The maximum atomic E-state index is 12.7. The lowest BCUT2D eigenvalue weighted by molar-refractivity contribution is -0.157. The summed E-state index contributed by atoms with van der Waals surface area (Å²) in [4.78, 5) is 49.1. The molecule has 0 aromatic heterocycles. The average molecular weight is 381 g/mol. The van der Waals surface area contributed by atoms with E-state index < -0.39 is 18.0 Å². The number of hydrogen-bond acceptors (Lipinski definition) is 6. The SMILES string of the molecule is CCOCC(=O)O[C@@H](C)C(=O)Nc1ccc2c(c1)C(=O)c1ccccc1C2=O. The molecule has 2 aromatic rings. The van der Waals surface area contributed by atoms with Crippen LogP contribution in [0.3, 0.4) is 0 Å². The van der Waals surface area contributed by atoms with Gasteiger partial charge in [-0.05, 0) is 32.0 Å². The highest BCUT2D eigenvalue weighted by molar-refractivity contribution is 6.28. The zero-order chi connectivity index (χ0) is 20.3. The van der Waals surface area contributed by atoms with E-state index in [0.717, 1.165) is 0 Å². The van der Waals surface area contributed by atoms with Crippen LogP contribution < -0.4 is 5.32 Å². The van der Waals surface area contributed by atoms with E-state index in [0.29, 0.717) is 23.4 Å². The molecular weight excluding hydrogens is 362 g/mol. The van der Waals surface area contributed by atoms with Crippen LogP contribution in [0.25, 0.3) is 0 Å². The average Bonchev–Trinajstić information content (AvgIpc) is 2.70. The topological polar surface area (TPSA) is 98.8 Å². The Morgan fingerprint density at radius 2 is 1.57 bits per heavy atom. The van der Waals surface area contributed by atoms with Crippen LogP contribution in [0.1, 0.15) is 45.7 Å². The number of ketones is 2. The molecule has 0 saturated carbocycles. The number of esters is 1. The summed E-state index contributed by atoms with van der Waals surface area (Å²) in [5.41, 5.74) is 1.55. The van der Waals surface area contributed by atoms with Crippen LogP contribution in [0.2, 0.25) is 0 Å². The smallest absolute Gasteiger partial charge is 0.332 e. The van der Waals surface area contributed by atoms with Gasteiger partial charge in [-0.3, -0.25) is 14.4 Å². The maximum absolute atomic E-state index is 12.7. The fourth-order valence-electron chi connectivity index (χ4n) is 2.89. The number of fused-ring (bicyclic) bond motifs is 2. The Hall–Kier alpha value is -3.32. The first-order chi connectivity index (χ1) is 13.4. The second-order valence-electron chi connectivity index (χ2n) is 6.22. The second kappa shape index (κ2) is 8.14. The van der Waals surface area contributed by atoms with E-state index in [-0.39, 0.29) is 29.3 Å². The molecule has 7 heteroatoms. The molecule has 0 bridgehead atoms. The first-order valence-electron chi connectivity index (χ1n) is 8.83. The number of ether oxygens (including phenoxy) is 2. The van der Waals surface area contributed by atoms with Crippen molar-refractivity contribution in [1.82, 2.24) is 0 Å². The van der Waals surface area contributed by atoms with Gasteiger partial charge in [-0.1, -0.05) is 24.3 Å². The molecule has 3 rings (SSSR count). The van der Waals surface area contributed by atoms with Gasteiger partial charge in [0.25, 0.3) is 5.91 Å². The molecule has 2 aromatic carbocycles. The highest BCUT2D eigenvalue weighted by Gasteiger charge is 2.29. The predicted octanol–water partition coefficient (Wildman–Crippen LogP) is 2.37. The van der Waals surface area contributed by atoms with Crippen LogP contribution in [0.15, 0.2) is 42.5 Å². The zero-order valence-corrected chi connectivity index (χ0v) is 15.5. The van der Waals surface area contributed by atoms with Crippen molar-refractivity contribution in [3.8, 4) is 0 Å². The molecule has 7 nitrogen and oxygen atoms in total. The van der Waals surface area contributed by atoms with Gasteiger partial charge in [0.1, 0.15) is 6.61 Å². The van der Waals surface area contributed by atoms with Gasteiger partial charge >= 0.3 is 5.97 Å². The Balaban J connectivity index is 1.75. The van der Waals surface area contributed by atoms with E-state index >= 15 is 0 Å². The summed E-state index contributed by atoms with van der Waals surface area (Å²) in [5, 5.41) is 2.59. The minimum atomic E-state index is -1.04. The maximum Gasteiger partial charge on any atom is 0.332 e. The van der Waals surface area contributed by atoms with Gasteiger partial charge in [0.05, 0.1) is 0 Å². The van der Waals surface area contributed by atoms with Gasteiger partial charge in [-0.15, -0.1) is 0 Å². The first kappa shape index (κ1) is 19.4. The van der Waals surface area contributed by atoms with Crippen molar-refractivity contribution < 1.29 is 28.7 Å². The minimum absolute atomic E-state index is 0.225. The summed E-state index contributed by atoms with van der Waals surface area (Å²) in [7, 11) is 0. The summed E-state index contributed by atoms with van der Waals surface area (Å²) in [5.74, 6) is -1.72. The van der Waals surface area contributed by atoms with E-state index in [1.165, 1.54) is 25.1 Å². The lowest BCUT2D eigenvalue weighted by atomic mass is 9.84. The van der Waals surface area contributed by atoms with Crippen LogP contribution in [-0.2, 0) is 19.1 Å². The van der Waals surface area contributed by atoms with Gasteiger partial charge in [-0.25, -0.2) is 4.79 Å². The lowest BCUT2D eigenvalue weighted by Gasteiger charge is -2.19. The van der Waals surface area contributed by atoms with Gasteiger partial charge in [0.2, 0.25) is 0 Å². The standard InChI is InChI=1S/C21H19NO6/c1-3-27-11-18(23)28-12(2)21(26)22-13-8-9-16-17(10-13)20(25)15-7-5-4-6-14(15)19(16)24/h4-10,12H,3,11H2,1-2H3,(H,22,26)/t12-/m0/s1. The molecule has 1 aliphatic carbocycles. The summed E-state index contributed by atoms with van der Waals surface area (Å²) < 4.78 is 9.92. The van der Waals surface area contributed by atoms with Crippen molar-refractivity contribution in [3.05, 3.63) is 64.7 Å². The highest BCUT2D eigenvalue weighted by Crippen LogP contribution is 2.29. The molecule has 0 spiro atoms.